The Morgan fingerprint density at radius 1 is 1.23 bits per heavy atom. The molecule has 2 atom stereocenters. The van der Waals surface area contributed by atoms with E-state index in [9.17, 15) is 39.5 Å². The molecule has 3 N–H and O–H groups in total. The van der Waals surface area contributed by atoms with Gasteiger partial charge in [0.05, 0.1) is 10.5 Å². The standard InChI is InChI=1S/C26H21N3O11/c1-11(30)18-14(31)9-17-26(2,22(18)33)20-15(32)8-16-19(21(20)40-17)23(34)28(25(38-3)39-16)24(35)27-10-12-4-6-13(7-5-12)29(36)37/h4-9,25,31-32H,10H2,1-3H3,(H,27,35)/t25?,26-/m1/s1. The fraction of sp³-hybridized carbons (Fsp3) is 0.231. The molecule has 0 bridgehead atoms. The summed E-state index contributed by atoms with van der Waals surface area (Å²) in [6.07, 6.45) is -0.491. The van der Waals surface area contributed by atoms with Gasteiger partial charge in [0, 0.05) is 37.9 Å². The molecule has 1 unspecified atom stereocenters. The number of phenols is 1. The molecule has 2 heterocycles. The lowest BCUT2D eigenvalue weighted by Gasteiger charge is -2.34. The number of non-ortho nitro benzene ring substituents is 1. The van der Waals surface area contributed by atoms with Crippen molar-refractivity contribution >= 4 is 29.2 Å². The van der Waals surface area contributed by atoms with Crippen LogP contribution in [0.4, 0.5) is 10.5 Å². The number of methoxy groups -OCH3 is 1. The van der Waals surface area contributed by atoms with Crippen molar-refractivity contribution in [1.82, 2.24) is 10.2 Å². The number of aliphatic hydroxyl groups is 1. The van der Waals surface area contributed by atoms with Crippen molar-refractivity contribution in [2.45, 2.75) is 32.2 Å². The molecule has 0 saturated heterocycles. The zero-order valence-electron chi connectivity index (χ0n) is 21.2. The number of aromatic hydroxyl groups is 1. The van der Waals surface area contributed by atoms with Crippen molar-refractivity contribution < 1.29 is 48.5 Å². The lowest BCUT2D eigenvalue weighted by Crippen LogP contribution is -2.54. The summed E-state index contributed by atoms with van der Waals surface area (Å²) >= 11 is 0. The van der Waals surface area contributed by atoms with Gasteiger partial charge in [-0.05, 0) is 19.4 Å². The zero-order chi connectivity index (χ0) is 29.1. The van der Waals surface area contributed by atoms with Crippen LogP contribution in [0.25, 0.3) is 0 Å². The molecule has 0 aromatic heterocycles. The molecular weight excluding hydrogens is 530 g/mol. The van der Waals surface area contributed by atoms with Gasteiger partial charge in [-0.3, -0.25) is 24.5 Å². The lowest BCUT2D eigenvalue weighted by molar-refractivity contribution is -0.384. The third-order valence-electron chi connectivity index (χ3n) is 6.87. The number of hydrogen-bond donors (Lipinski definition) is 3. The number of aliphatic hydroxyl groups excluding tert-OH is 1. The molecule has 206 valence electrons. The number of allylic oxidation sites excluding steroid dienone is 3. The first-order chi connectivity index (χ1) is 18.9. The number of nitrogens with zero attached hydrogens (tertiary/aromatic N) is 2. The summed E-state index contributed by atoms with van der Waals surface area (Å²) in [6.45, 7) is 2.37. The van der Waals surface area contributed by atoms with E-state index in [1.165, 1.54) is 38.3 Å². The fourth-order valence-electron chi connectivity index (χ4n) is 4.86. The van der Waals surface area contributed by atoms with Gasteiger partial charge in [-0.15, -0.1) is 0 Å². The highest BCUT2D eigenvalue weighted by Gasteiger charge is 2.56. The van der Waals surface area contributed by atoms with Crippen molar-refractivity contribution in [2.75, 3.05) is 7.11 Å². The van der Waals surface area contributed by atoms with Crippen LogP contribution in [0.2, 0.25) is 0 Å². The predicted octanol–water partition coefficient (Wildman–Crippen LogP) is 2.49. The van der Waals surface area contributed by atoms with E-state index in [0.29, 0.717) is 10.5 Å². The molecule has 1 aliphatic carbocycles. The predicted molar refractivity (Wildman–Crippen MR) is 132 cm³/mol. The van der Waals surface area contributed by atoms with E-state index in [0.717, 1.165) is 19.1 Å². The Morgan fingerprint density at radius 3 is 2.50 bits per heavy atom. The highest BCUT2D eigenvalue weighted by atomic mass is 16.7. The average molecular weight is 551 g/mol. The van der Waals surface area contributed by atoms with Crippen LogP contribution in [-0.2, 0) is 26.3 Å². The molecular formula is C26H21N3O11. The number of nitrogens with one attached hydrogen (secondary N) is 1. The quantitative estimate of drug-likeness (QED) is 0.281. The molecule has 14 heteroatoms. The Morgan fingerprint density at radius 2 is 1.90 bits per heavy atom. The summed E-state index contributed by atoms with van der Waals surface area (Å²) < 4.78 is 16.7. The van der Waals surface area contributed by atoms with Gasteiger partial charge < -0.3 is 29.7 Å². The number of hydrogen-bond acceptors (Lipinski definition) is 11. The second-order valence-corrected chi connectivity index (χ2v) is 9.27. The molecule has 0 fully saturated rings. The minimum Gasteiger partial charge on any atom is -0.507 e. The van der Waals surface area contributed by atoms with Crippen molar-refractivity contribution in [1.29, 1.82) is 0 Å². The first kappa shape index (κ1) is 26.4. The fourth-order valence-corrected chi connectivity index (χ4v) is 4.86. The number of phenolic OH excluding ortho intramolecular Hbond substituents is 1. The number of nitro benzene ring substituents is 1. The number of urea groups is 1. The molecule has 2 aromatic carbocycles. The Bertz CT molecular complexity index is 1590. The number of carbonyl (C=O) groups is 4. The van der Waals surface area contributed by atoms with Crippen LogP contribution >= 0.6 is 0 Å². The Hall–Kier alpha value is -5.24. The SMILES string of the molecule is COC1Oc2cc(O)c3c(c2C(=O)N1C(=O)NCc1ccc([N+](=O)[O-])cc1)OC1=CC(O)=C(C(C)=O)C(=O)[C@]13C. The van der Waals surface area contributed by atoms with Crippen molar-refractivity contribution in [3.05, 3.63) is 80.3 Å². The maximum atomic E-state index is 13.7. The van der Waals surface area contributed by atoms with Gasteiger partial charge in [-0.2, -0.15) is 4.90 Å². The smallest absolute Gasteiger partial charge is 0.329 e. The Labute approximate surface area is 225 Å². The monoisotopic (exact) mass is 551 g/mol. The number of Topliss-reactive ketones (excluding diaryl/α,β-unsaturated/α-hetero) is 2. The third kappa shape index (κ3) is 3.76. The highest BCUT2D eigenvalue weighted by molar-refractivity contribution is 6.26. The van der Waals surface area contributed by atoms with Gasteiger partial charge in [0.25, 0.3) is 18.0 Å². The van der Waals surface area contributed by atoms with Crippen molar-refractivity contribution in [2.24, 2.45) is 0 Å². The van der Waals surface area contributed by atoms with E-state index >= 15 is 0 Å². The van der Waals surface area contributed by atoms with Crippen LogP contribution < -0.4 is 14.8 Å². The van der Waals surface area contributed by atoms with Crippen molar-refractivity contribution in [3.8, 4) is 17.2 Å². The molecule has 3 amide bonds. The highest BCUT2D eigenvalue weighted by Crippen LogP contribution is 2.57. The number of nitro groups is 1. The van der Waals surface area contributed by atoms with Crippen LogP contribution in [0.15, 0.2) is 53.5 Å². The Balaban J connectivity index is 1.51. The average Bonchev–Trinajstić information content (AvgIpc) is 3.20. The molecule has 2 aromatic rings. The largest absolute Gasteiger partial charge is 0.507 e. The summed E-state index contributed by atoms with van der Waals surface area (Å²) in [5.41, 5.74) is -2.33. The number of ketones is 2. The van der Waals surface area contributed by atoms with Crippen LogP contribution in [0.1, 0.15) is 35.3 Å². The van der Waals surface area contributed by atoms with Gasteiger partial charge in [-0.25, -0.2) is 4.79 Å². The van der Waals surface area contributed by atoms with Gasteiger partial charge in [0.1, 0.15) is 39.6 Å². The maximum Gasteiger partial charge on any atom is 0.329 e. The zero-order valence-corrected chi connectivity index (χ0v) is 21.2. The van der Waals surface area contributed by atoms with E-state index in [1.54, 1.807) is 0 Å². The van der Waals surface area contributed by atoms with E-state index in [-0.39, 0.29) is 40.6 Å². The molecule has 0 saturated carbocycles. The number of imide groups is 1. The summed E-state index contributed by atoms with van der Waals surface area (Å²) in [5, 5.41) is 34.6. The number of benzene rings is 2. The second-order valence-electron chi connectivity index (χ2n) is 9.27. The summed E-state index contributed by atoms with van der Waals surface area (Å²) in [4.78, 5) is 63.2. The molecule has 0 radical (unpaired) electrons. The van der Waals surface area contributed by atoms with Gasteiger partial charge in [-0.1, -0.05) is 12.1 Å². The lowest BCUT2D eigenvalue weighted by atomic mass is 9.71. The summed E-state index contributed by atoms with van der Waals surface area (Å²) in [7, 11) is 1.18. The van der Waals surface area contributed by atoms with Gasteiger partial charge in [0.15, 0.2) is 17.3 Å². The minimum absolute atomic E-state index is 0.105. The van der Waals surface area contributed by atoms with E-state index < -0.39 is 57.3 Å². The van der Waals surface area contributed by atoms with E-state index in [2.05, 4.69) is 5.32 Å². The summed E-state index contributed by atoms with van der Waals surface area (Å²) in [5.74, 6) is -4.26. The van der Waals surface area contributed by atoms with E-state index in [1.807, 2.05) is 0 Å². The summed E-state index contributed by atoms with van der Waals surface area (Å²) in [6, 6.07) is 5.52. The topological polar surface area (TPSA) is 195 Å². The number of carbonyl (C=O) groups excluding carboxylic acids is 4. The maximum absolute atomic E-state index is 13.7. The first-order valence-corrected chi connectivity index (χ1v) is 11.7. The Kier molecular flexibility index (Phi) is 6.06. The van der Waals surface area contributed by atoms with Crippen LogP contribution in [-0.4, -0.2) is 57.1 Å². The van der Waals surface area contributed by atoms with Crippen molar-refractivity contribution in [3.63, 3.8) is 0 Å². The molecule has 40 heavy (non-hydrogen) atoms. The normalized spacial score (nSPS) is 21.0. The first-order valence-electron chi connectivity index (χ1n) is 11.7. The van der Waals surface area contributed by atoms with Gasteiger partial charge >= 0.3 is 6.03 Å². The molecule has 0 spiro atoms. The number of amides is 3. The van der Waals surface area contributed by atoms with Crippen LogP contribution in [0, 0.1) is 10.1 Å². The number of fused-ring (bicyclic) bond motifs is 5. The second kappa shape index (κ2) is 9.20. The van der Waals surface area contributed by atoms with E-state index in [4.69, 9.17) is 14.2 Å². The molecule has 3 aliphatic rings. The molecule has 5 rings (SSSR count). The van der Waals surface area contributed by atoms with Crippen LogP contribution in [0.3, 0.4) is 0 Å². The van der Waals surface area contributed by atoms with Gasteiger partial charge in [0.2, 0.25) is 0 Å². The van der Waals surface area contributed by atoms with Crippen LogP contribution in [0.5, 0.6) is 17.2 Å². The minimum atomic E-state index is -1.76. The molecule has 14 nitrogen and oxygen atoms in total. The third-order valence-corrected chi connectivity index (χ3v) is 6.87. The number of rotatable bonds is 5. The molecule has 2 aliphatic heterocycles. The number of ether oxygens (including phenoxy) is 3.